The molecule has 0 aliphatic heterocycles. The van der Waals surface area contributed by atoms with E-state index in [1.165, 1.54) is 13.4 Å². The normalized spacial score (nSPS) is 11.1. The van der Waals surface area contributed by atoms with Gasteiger partial charge in [0.15, 0.2) is 23.1 Å². The molecule has 0 fully saturated rings. The SMILES string of the molecule is COc1cc2c(Oc3ccc4[nH]c(C)cc4c3F)ncnc2cc1OCCCCC(=O)O. The fourth-order valence-corrected chi connectivity index (χ4v) is 3.43. The van der Waals surface area contributed by atoms with Crippen molar-refractivity contribution in [2.45, 2.75) is 26.2 Å². The summed E-state index contributed by atoms with van der Waals surface area (Å²) in [4.78, 5) is 22.1. The van der Waals surface area contributed by atoms with E-state index in [1.807, 2.05) is 6.92 Å². The lowest BCUT2D eigenvalue weighted by Crippen LogP contribution is -2.02. The fourth-order valence-electron chi connectivity index (χ4n) is 3.43. The molecule has 0 spiro atoms. The first-order valence-corrected chi connectivity index (χ1v) is 10.1. The van der Waals surface area contributed by atoms with E-state index < -0.39 is 11.8 Å². The van der Waals surface area contributed by atoms with Crippen molar-refractivity contribution >= 4 is 27.8 Å². The molecule has 2 aromatic carbocycles. The van der Waals surface area contributed by atoms with Gasteiger partial charge >= 0.3 is 5.97 Å². The third kappa shape index (κ3) is 4.41. The van der Waals surface area contributed by atoms with Crippen LogP contribution in [-0.2, 0) is 4.79 Å². The van der Waals surface area contributed by atoms with Crippen LogP contribution in [-0.4, -0.2) is 39.7 Å². The lowest BCUT2D eigenvalue weighted by atomic mass is 10.2. The summed E-state index contributed by atoms with van der Waals surface area (Å²) in [6, 6.07) is 8.39. The minimum atomic E-state index is -0.834. The number of carboxylic acid groups (broad SMARTS) is 1. The molecule has 2 N–H and O–H groups in total. The van der Waals surface area contributed by atoms with Crippen molar-refractivity contribution < 1.29 is 28.5 Å². The van der Waals surface area contributed by atoms with Crippen molar-refractivity contribution in [2.24, 2.45) is 0 Å². The molecule has 0 radical (unpaired) electrons. The highest BCUT2D eigenvalue weighted by Crippen LogP contribution is 2.37. The maximum absolute atomic E-state index is 15.0. The first kappa shape index (κ1) is 21.4. The Morgan fingerprint density at radius 1 is 1.09 bits per heavy atom. The molecule has 9 heteroatoms. The monoisotopic (exact) mass is 439 g/mol. The summed E-state index contributed by atoms with van der Waals surface area (Å²) < 4.78 is 32.0. The summed E-state index contributed by atoms with van der Waals surface area (Å²) in [7, 11) is 1.50. The van der Waals surface area contributed by atoms with Gasteiger partial charge in [-0.1, -0.05) is 0 Å². The predicted molar refractivity (Wildman–Crippen MR) is 116 cm³/mol. The van der Waals surface area contributed by atoms with Crippen LogP contribution in [0.5, 0.6) is 23.1 Å². The van der Waals surface area contributed by atoms with E-state index in [9.17, 15) is 9.18 Å². The number of H-pyrrole nitrogens is 1. The molecule has 0 amide bonds. The number of unbranched alkanes of at least 4 members (excludes halogenated alkanes) is 1. The van der Waals surface area contributed by atoms with Gasteiger partial charge in [0.25, 0.3) is 0 Å². The zero-order valence-electron chi connectivity index (χ0n) is 17.6. The number of aliphatic carboxylic acids is 1. The number of ether oxygens (including phenoxy) is 3. The predicted octanol–water partition coefficient (Wildman–Crippen LogP) is 4.99. The molecule has 2 heterocycles. The molecule has 0 aliphatic rings. The number of hydrogen-bond donors (Lipinski definition) is 2. The van der Waals surface area contributed by atoms with Crippen molar-refractivity contribution in [2.75, 3.05) is 13.7 Å². The number of aromatic amines is 1. The van der Waals surface area contributed by atoms with E-state index in [1.54, 1.807) is 30.3 Å². The summed E-state index contributed by atoms with van der Waals surface area (Å²) in [6.45, 7) is 2.20. The van der Waals surface area contributed by atoms with Gasteiger partial charge in [-0.2, -0.15) is 0 Å². The van der Waals surface area contributed by atoms with Crippen molar-refractivity contribution in [1.29, 1.82) is 0 Å². The Hall–Kier alpha value is -3.88. The fraction of sp³-hybridized carbons (Fsp3) is 0.261. The average molecular weight is 439 g/mol. The van der Waals surface area contributed by atoms with Crippen LogP contribution in [0.1, 0.15) is 25.0 Å². The molecule has 166 valence electrons. The van der Waals surface area contributed by atoms with Crippen molar-refractivity contribution in [3.8, 4) is 23.1 Å². The number of aromatic nitrogens is 3. The number of nitrogens with zero attached hydrogens (tertiary/aromatic N) is 2. The Morgan fingerprint density at radius 3 is 2.72 bits per heavy atom. The van der Waals surface area contributed by atoms with Gasteiger partial charge in [-0.25, -0.2) is 14.4 Å². The van der Waals surface area contributed by atoms with Crippen molar-refractivity contribution in [3.05, 3.63) is 48.2 Å². The number of rotatable bonds is 9. The summed E-state index contributed by atoms with van der Waals surface area (Å²) in [5.74, 6) is -0.171. The topological polar surface area (TPSA) is 107 Å². The van der Waals surface area contributed by atoms with E-state index in [4.69, 9.17) is 19.3 Å². The molecular formula is C23H22FN3O5. The largest absolute Gasteiger partial charge is 0.493 e. The molecule has 0 atom stereocenters. The minimum absolute atomic E-state index is 0.0502. The van der Waals surface area contributed by atoms with Gasteiger partial charge in [0.1, 0.15) is 6.33 Å². The summed E-state index contributed by atoms with van der Waals surface area (Å²) in [6.07, 6.45) is 2.53. The maximum atomic E-state index is 15.0. The highest BCUT2D eigenvalue weighted by molar-refractivity contribution is 5.87. The lowest BCUT2D eigenvalue weighted by Gasteiger charge is -2.13. The first-order chi connectivity index (χ1) is 15.5. The third-order valence-electron chi connectivity index (χ3n) is 4.97. The van der Waals surface area contributed by atoms with Gasteiger partial charge < -0.3 is 24.3 Å². The van der Waals surface area contributed by atoms with E-state index in [-0.39, 0.29) is 18.1 Å². The van der Waals surface area contributed by atoms with E-state index in [2.05, 4.69) is 15.0 Å². The Balaban J connectivity index is 1.61. The highest BCUT2D eigenvalue weighted by atomic mass is 19.1. The zero-order valence-corrected chi connectivity index (χ0v) is 17.6. The van der Waals surface area contributed by atoms with Crippen LogP contribution >= 0.6 is 0 Å². The number of nitrogens with one attached hydrogen (secondary N) is 1. The number of aryl methyl sites for hydroxylation is 1. The number of fused-ring (bicyclic) bond motifs is 2. The number of carbonyl (C=O) groups is 1. The summed E-state index contributed by atoms with van der Waals surface area (Å²) in [5, 5.41) is 9.69. The second kappa shape index (κ2) is 9.09. The molecule has 0 saturated carbocycles. The zero-order chi connectivity index (χ0) is 22.7. The van der Waals surface area contributed by atoms with Crippen LogP contribution in [0.2, 0.25) is 0 Å². The van der Waals surface area contributed by atoms with Crippen molar-refractivity contribution in [3.63, 3.8) is 0 Å². The average Bonchev–Trinajstić information content (AvgIpc) is 3.16. The number of benzene rings is 2. The lowest BCUT2D eigenvalue weighted by molar-refractivity contribution is -0.137. The van der Waals surface area contributed by atoms with Gasteiger partial charge in [0.2, 0.25) is 5.88 Å². The number of halogens is 1. The minimum Gasteiger partial charge on any atom is -0.493 e. The second-order valence-corrected chi connectivity index (χ2v) is 7.29. The van der Waals surface area contributed by atoms with Crippen LogP contribution in [0.25, 0.3) is 21.8 Å². The van der Waals surface area contributed by atoms with Crippen LogP contribution in [0.4, 0.5) is 4.39 Å². The van der Waals surface area contributed by atoms with Gasteiger partial charge in [-0.05, 0) is 44.0 Å². The van der Waals surface area contributed by atoms with E-state index in [0.29, 0.717) is 52.8 Å². The number of methoxy groups -OCH3 is 1. The molecule has 0 saturated heterocycles. The van der Waals surface area contributed by atoms with Crippen molar-refractivity contribution in [1.82, 2.24) is 15.0 Å². The maximum Gasteiger partial charge on any atom is 0.303 e. The molecule has 0 bridgehead atoms. The Morgan fingerprint density at radius 2 is 1.94 bits per heavy atom. The molecule has 4 rings (SSSR count). The Labute approximate surface area is 183 Å². The smallest absolute Gasteiger partial charge is 0.303 e. The molecule has 0 unspecified atom stereocenters. The molecule has 32 heavy (non-hydrogen) atoms. The van der Waals surface area contributed by atoms with Crippen LogP contribution in [0.15, 0.2) is 36.7 Å². The molecule has 8 nitrogen and oxygen atoms in total. The second-order valence-electron chi connectivity index (χ2n) is 7.29. The standard InChI is InChI=1S/C23H22FN3O5/c1-13-9-14-16(27-13)6-7-18(22(14)24)32-23-15-10-19(30-2)20(11-17(15)25-12-26-23)31-8-4-3-5-21(28)29/h6-7,9-12,27H,3-5,8H2,1-2H3,(H,28,29). The summed E-state index contributed by atoms with van der Waals surface area (Å²) >= 11 is 0. The highest BCUT2D eigenvalue weighted by Gasteiger charge is 2.16. The third-order valence-corrected chi connectivity index (χ3v) is 4.97. The van der Waals surface area contributed by atoms with Gasteiger partial charge in [0.05, 0.1) is 24.6 Å². The Bertz CT molecular complexity index is 1290. The Kier molecular flexibility index (Phi) is 6.07. The molecule has 0 aliphatic carbocycles. The van der Waals surface area contributed by atoms with Crippen LogP contribution in [0, 0.1) is 12.7 Å². The van der Waals surface area contributed by atoms with Crippen LogP contribution < -0.4 is 14.2 Å². The van der Waals surface area contributed by atoms with E-state index >= 15 is 0 Å². The summed E-state index contributed by atoms with van der Waals surface area (Å²) in [5.41, 5.74) is 2.07. The van der Waals surface area contributed by atoms with E-state index in [0.717, 1.165) is 5.69 Å². The van der Waals surface area contributed by atoms with Gasteiger partial charge in [-0.15, -0.1) is 0 Å². The first-order valence-electron chi connectivity index (χ1n) is 10.1. The molecule has 4 aromatic rings. The molecular weight excluding hydrogens is 417 g/mol. The number of hydrogen-bond acceptors (Lipinski definition) is 6. The molecule has 2 aromatic heterocycles. The van der Waals surface area contributed by atoms with Gasteiger partial charge in [-0.3, -0.25) is 4.79 Å². The van der Waals surface area contributed by atoms with Gasteiger partial charge in [0, 0.05) is 29.1 Å². The number of carboxylic acids is 1. The quantitative estimate of drug-likeness (QED) is 0.354. The van der Waals surface area contributed by atoms with Crippen LogP contribution in [0.3, 0.4) is 0 Å².